The van der Waals surface area contributed by atoms with E-state index in [0.29, 0.717) is 5.88 Å². The van der Waals surface area contributed by atoms with Crippen molar-refractivity contribution < 1.29 is 13.2 Å². The van der Waals surface area contributed by atoms with Crippen LogP contribution in [0.5, 0.6) is 0 Å². The second-order valence-electron chi connectivity index (χ2n) is 3.60. The van der Waals surface area contributed by atoms with Crippen LogP contribution < -0.4 is 10.0 Å². The van der Waals surface area contributed by atoms with Crippen molar-refractivity contribution in [1.29, 1.82) is 0 Å². The van der Waals surface area contributed by atoms with Crippen LogP contribution in [0.15, 0.2) is 29.2 Å². The molecule has 7 heteroatoms. The fourth-order valence-electron chi connectivity index (χ4n) is 1.26. The van der Waals surface area contributed by atoms with E-state index >= 15 is 0 Å². The van der Waals surface area contributed by atoms with Gasteiger partial charge in [-0.25, -0.2) is 13.1 Å². The first kappa shape index (κ1) is 14.9. The largest absolute Gasteiger partial charge is 0.359 e. The van der Waals surface area contributed by atoms with Crippen LogP contribution in [-0.4, -0.2) is 27.9 Å². The van der Waals surface area contributed by atoms with Crippen LogP contribution in [0.3, 0.4) is 0 Å². The molecule has 1 amide bonds. The van der Waals surface area contributed by atoms with Crippen LogP contribution in [0.2, 0.25) is 0 Å². The van der Waals surface area contributed by atoms with Gasteiger partial charge in [0.15, 0.2) is 0 Å². The van der Waals surface area contributed by atoms with Gasteiger partial charge in [-0.2, -0.15) is 0 Å². The van der Waals surface area contributed by atoms with E-state index in [9.17, 15) is 13.2 Å². The first-order valence-corrected chi connectivity index (χ1v) is 7.36. The zero-order valence-corrected chi connectivity index (χ0v) is 11.5. The molecule has 0 aromatic heterocycles. The van der Waals surface area contributed by atoms with Crippen LogP contribution in [0, 0.1) is 0 Å². The highest BCUT2D eigenvalue weighted by Crippen LogP contribution is 2.11. The third kappa shape index (κ3) is 4.29. The van der Waals surface area contributed by atoms with Crippen LogP contribution in [0.1, 0.15) is 12.0 Å². The third-order valence-corrected chi connectivity index (χ3v) is 4.10. The minimum atomic E-state index is -3.56. The molecular formula is C11H15ClN2O3S. The summed E-state index contributed by atoms with van der Waals surface area (Å²) in [5.41, 5.74) is 0.848. The van der Waals surface area contributed by atoms with E-state index in [1.165, 1.54) is 19.2 Å². The first-order chi connectivity index (χ1) is 8.49. The summed E-state index contributed by atoms with van der Waals surface area (Å²) in [6, 6.07) is 6.28. The predicted molar refractivity (Wildman–Crippen MR) is 69.9 cm³/mol. The number of benzene rings is 1. The zero-order chi connectivity index (χ0) is 13.6. The maximum absolute atomic E-state index is 11.8. The number of rotatable bonds is 6. The average Bonchev–Trinajstić information content (AvgIpc) is 2.38. The highest BCUT2D eigenvalue weighted by Gasteiger charge is 2.13. The second kappa shape index (κ2) is 6.72. The maximum atomic E-state index is 11.8. The topological polar surface area (TPSA) is 75.3 Å². The Kier molecular flexibility index (Phi) is 5.58. The molecule has 0 saturated carbocycles. The lowest BCUT2D eigenvalue weighted by Gasteiger charge is -2.06. The van der Waals surface area contributed by atoms with Crippen molar-refractivity contribution in [2.45, 2.75) is 17.2 Å². The van der Waals surface area contributed by atoms with Gasteiger partial charge in [-0.3, -0.25) is 4.79 Å². The Morgan fingerprint density at radius 2 is 1.89 bits per heavy atom. The highest BCUT2D eigenvalue weighted by atomic mass is 35.5. The quantitative estimate of drug-likeness (QED) is 0.762. The molecule has 0 aliphatic heterocycles. The number of halogens is 1. The molecule has 0 heterocycles. The van der Waals surface area contributed by atoms with E-state index < -0.39 is 10.0 Å². The van der Waals surface area contributed by atoms with E-state index in [4.69, 9.17) is 11.6 Å². The lowest BCUT2D eigenvalue weighted by Crippen LogP contribution is -2.29. The molecule has 1 rings (SSSR count). The Balaban J connectivity index is 2.65. The Labute approximate surface area is 112 Å². The van der Waals surface area contributed by atoms with Crippen LogP contribution in [0.4, 0.5) is 0 Å². The summed E-state index contributed by atoms with van der Waals surface area (Å²) in [6.07, 6.45) is 0.107. The number of hydrogen-bond donors (Lipinski definition) is 2. The molecular weight excluding hydrogens is 276 g/mol. The first-order valence-electron chi connectivity index (χ1n) is 5.34. The Morgan fingerprint density at radius 1 is 1.28 bits per heavy atom. The summed E-state index contributed by atoms with van der Waals surface area (Å²) >= 11 is 5.62. The van der Waals surface area contributed by atoms with Crippen molar-refractivity contribution in [1.82, 2.24) is 10.0 Å². The molecule has 2 N–H and O–H groups in total. The summed E-state index contributed by atoms with van der Waals surface area (Å²) in [5.74, 6) is 0.125. The summed E-state index contributed by atoms with van der Waals surface area (Å²) in [7, 11) is -2.06. The van der Waals surface area contributed by atoms with Crippen molar-refractivity contribution in [3.63, 3.8) is 0 Å². The number of carbonyl (C=O) groups is 1. The van der Waals surface area contributed by atoms with Gasteiger partial charge in [-0.15, -0.1) is 11.6 Å². The molecule has 0 spiro atoms. The zero-order valence-electron chi connectivity index (χ0n) is 9.94. The maximum Gasteiger partial charge on any atom is 0.240 e. The second-order valence-corrected chi connectivity index (χ2v) is 5.63. The molecule has 0 aliphatic rings. The minimum Gasteiger partial charge on any atom is -0.359 e. The van der Waals surface area contributed by atoms with Crippen molar-refractivity contribution in [3.05, 3.63) is 29.8 Å². The van der Waals surface area contributed by atoms with Crippen LogP contribution in [0.25, 0.3) is 0 Å². The highest BCUT2D eigenvalue weighted by molar-refractivity contribution is 7.89. The van der Waals surface area contributed by atoms with Gasteiger partial charge < -0.3 is 5.32 Å². The normalized spacial score (nSPS) is 11.2. The third-order valence-electron chi connectivity index (χ3n) is 2.31. The van der Waals surface area contributed by atoms with Crippen molar-refractivity contribution in [3.8, 4) is 0 Å². The molecule has 0 unspecified atom stereocenters. The van der Waals surface area contributed by atoms with Gasteiger partial charge in [0, 0.05) is 25.9 Å². The molecule has 1 aromatic carbocycles. The summed E-state index contributed by atoms with van der Waals surface area (Å²) in [6.45, 7) is 0.0687. The molecule has 0 saturated heterocycles. The number of amides is 1. The van der Waals surface area contributed by atoms with Crippen molar-refractivity contribution in [2.75, 3.05) is 13.6 Å². The predicted octanol–water partition coefficient (Wildman–Crippen LogP) is 0.840. The van der Waals surface area contributed by atoms with Gasteiger partial charge in [0.1, 0.15) is 0 Å². The lowest BCUT2D eigenvalue weighted by atomic mass is 10.2. The van der Waals surface area contributed by atoms with Gasteiger partial charge in [0.2, 0.25) is 15.9 Å². The van der Waals surface area contributed by atoms with E-state index in [1.807, 2.05) is 0 Å². The van der Waals surface area contributed by atoms with Gasteiger partial charge in [0.25, 0.3) is 0 Å². The number of hydrogen-bond acceptors (Lipinski definition) is 3. The fourth-order valence-corrected chi connectivity index (χ4v) is 2.47. The molecule has 0 atom stereocenters. The Bertz CT molecular complexity index is 500. The number of carbonyl (C=O) groups excluding carboxylic acids is 1. The molecule has 5 nitrogen and oxygen atoms in total. The minimum absolute atomic E-state index is 0.0687. The molecule has 0 fully saturated rings. The smallest absolute Gasteiger partial charge is 0.240 e. The summed E-state index contributed by atoms with van der Waals surface area (Å²) in [5, 5.41) is 2.42. The van der Waals surface area contributed by atoms with E-state index in [-0.39, 0.29) is 23.8 Å². The molecule has 100 valence electrons. The van der Waals surface area contributed by atoms with E-state index in [1.54, 1.807) is 12.1 Å². The average molecular weight is 291 g/mol. The van der Waals surface area contributed by atoms with E-state index in [2.05, 4.69) is 10.0 Å². The number of nitrogens with one attached hydrogen (secondary N) is 2. The molecule has 18 heavy (non-hydrogen) atoms. The molecule has 0 radical (unpaired) electrons. The lowest BCUT2D eigenvalue weighted by molar-refractivity contribution is -0.120. The number of alkyl halides is 1. The SMILES string of the molecule is CNC(=O)CCNS(=O)(=O)c1ccc(CCl)cc1. The van der Waals surface area contributed by atoms with Crippen molar-refractivity contribution >= 4 is 27.5 Å². The van der Waals surface area contributed by atoms with E-state index in [0.717, 1.165) is 5.56 Å². The monoisotopic (exact) mass is 290 g/mol. The molecule has 1 aromatic rings. The van der Waals surface area contributed by atoms with Gasteiger partial charge in [-0.05, 0) is 17.7 Å². The standard InChI is InChI=1S/C11H15ClN2O3S/c1-13-11(15)6-7-14-18(16,17)10-4-2-9(8-12)3-5-10/h2-5,14H,6-8H2,1H3,(H,13,15). The van der Waals surface area contributed by atoms with Gasteiger partial charge >= 0.3 is 0 Å². The van der Waals surface area contributed by atoms with Gasteiger partial charge in [-0.1, -0.05) is 12.1 Å². The van der Waals surface area contributed by atoms with Gasteiger partial charge in [0.05, 0.1) is 4.90 Å². The van der Waals surface area contributed by atoms with Crippen LogP contribution >= 0.6 is 11.6 Å². The van der Waals surface area contributed by atoms with Crippen molar-refractivity contribution in [2.24, 2.45) is 0 Å². The summed E-state index contributed by atoms with van der Waals surface area (Å²) in [4.78, 5) is 11.1. The fraction of sp³-hybridized carbons (Fsp3) is 0.364. The van der Waals surface area contributed by atoms with Crippen LogP contribution in [-0.2, 0) is 20.7 Å². The number of sulfonamides is 1. The summed E-state index contributed by atoms with van der Waals surface area (Å²) < 4.78 is 26.0. The Morgan fingerprint density at radius 3 is 2.39 bits per heavy atom. The molecule has 0 aliphatic carbocycles. The molecule has 0 bridgehead atoms. The Hall–Kier alpha value is -1.11.